The Balaban J connectivity index is 1.98. The van der Waals surface area contributed by atoms with Gasteiger partial charge < -0.3 is 5.32 Å². The van der Waals surface area contributed by atoms with Crippen molar-refractivity contribution in [2.75, 3.05) is 0 Å². The Kier molecular flexibility index (Phi) is 4.34. The monoisotopic (exact) mass is 263 g/mol. The lowest BCUT2D eigenvalue weighted by molar-refractivity contribution is 0.571. The van der Waals surface area contributed by atoms with Gasteiger partial charge in [0.2, 0.25) is 0 Å². The van der Waals surface area contributed by atoms with E-state index in [1.54, 1.807) is 12.1 Å². The zero-order valence-electron chi connectivity index (χ0n) is 10.2. The van der Waals surface area contributed by atoms with Gasteiger partial charge in [0.1, 0.15) is 5.82 Å². The largest absolute Gasteiger partial charge is 0.306 e. The fraction of sp³-hybridized carbons (Fsp3) is 0.200. The number of halogens is 2. The second kappa shape index (κ2) is 5.98. The maximum absolute atomic E-state index is 12.8. The predicted molar refractivity (Wildman–Crippen MR) is 73.1 cm³/mol. The van der Waals surface area contributed by atoms with Crippen molar-refractivity contribution in [3.05, 3.63) is 70.5 Å². The van der Waals surface area contributed by atoms with Crippen LogP contribution in [0.5, 0.6) is 0 Å². The van der Waals surface area contributed by atoms with Crippen LogP contribution in [-0.2, 0) is 6.54 Å². The summed E-state index contributed by atoms with van der Waals surface area (Å²) in [5.74, 6) is -0.211. The highest BCUT2D eigenvalue weighted by Gasteiger charge is 2.06. The third-order valence-electron chi connectivity index (χ3n) is 2.93. The summed E-state index contributed by atoms with van der Waals surface area (Å²) in [7, 11) is 0. The van der Waals surface area contributed by atoms with E-state index in [-0.39, 0.29) is 11.9 Å². The Labute approximate surface area is 112 Å². The molecule has 0 aliphatic heterocycles. The van der Waals surface area contributed by atoms with Crippen molar-refractivity contribution in [3.8, 4) is 0 Å². The van der Waals surface area contributed by atoms with Crippen molar-refractivity contribution in [1.82, 2.24) is 5.32 Å². The topological polar surface area (TPSA) is 12.0 Å². The summed E-state index contributed by atoms with van der Waals surface area (Å²) in [6.45, 7) is 2.74. The van der Waals surface area contributed by atoms with E-state index in [0.29, 0.717) is 6.54 Å². The molecule has 94 valence electrons. The molecule has 0 aliphatic carbocycles. The first-order valence-electron chi connectivity index (χ1n) is 5.89. The molecule has 2 aromatic rings. The lowest BCUT2D eigenvalue weighted by atomic mass is 10.1. The Morgan fingerprint density at radius 1 is 1.11 bits per heavy atom. The summed E-state index contributed by atoms with van der Waals surface area (Å²) in [6.07, 6.45) is 0. The molecule has 1 N–H and O–H groups in total. The highest BCUT2D eigenvalue weighted by molar-refractivity contribution is 6.31. The van der Waals surface area contributed by atoms with Gasteiger partial charge in [-0.1, -0.05) is 41.9 Å². The van der Waals surface area contributed by atoms with E-state index in [2.05, 4.69) is 5.32 Å². The average molecular weight is 264 g/mol. The number of nitrogens with one attached hydrogen (secondary N) is 1. The molecule has 1 nitrogen and oxygen atoms in total. The van der Waals surface area contributed by atoms with Crippen LogP contribution in [0, 0.1) is 5.82 Å². The molecular weight excluding hydrogens is 249 g/mol. The third-order valence-corrected chi connectivity index (χ3v) is 3.30. The van der Waals surface area contributed by atoms with Crippen molar-refractivity contribution < 1.29 is 4.39 Å². The molecule has 3 heteroatoms. The maximum atomic E-state index is 12.8. The Morgan fingerprint density at radius 2 is 1.78 bits per heavy atom. The first-order valence-corrected chi connectivity index (χ1v) is 6.27. The van der Waals surface area contributed by atoms with Crippen LogP contribution in [0.1, 0.15) is 24.1 Å². The minimum atomic E-state index is -0.211. The summed E-state index contributed by atoms with van der Waals surface area (Å²) in [4.78, 5) is 0. The molecule has 0 amide bonds. The van der Waals surface area contributed by atoms with Gasteiger partial charge in [0.15, 0.2) is 0 Å². The van der Waals surface area contributed by atoms with Crippen molar-refractivity contribution in [2.24, 2.45) is 0 Å². The molecule has 0 fully saturated rings. The van der Waals surface area contributed by atoms with Crippen LogP contribution in [0.15, 0.2) is 48.5 Å². The number of hydrogen-bond donors (Lipinski definition) is 1. The SMILES string of the molecule is CC(NCc1ccccc1Cl)c1ccc(F)cc1. The van der Waals surface area contributed by atoms with Crippen molar-refractivity contribution in [3.63, 3.8) is 0 Å². The first kappa shape index (κ1) is 13.1. The van der Waals surface area contributed by atoms with Gasteiger partial charge in [0.05, 0.1) is 0 Å². The van der Waals surface area contributed by atoms with Gasteiger partial charge in [-0.3, -0.25) is 0 Å². The standard InChI is InChI=1S/C15H15ClFN/c1-11(12-6-8-14(17)9-7-12)18-10-13-4-2-3-5-15(13)16/h2-9,11,18H,10H2,1H3. The zero-order chi connectivity index (χ0) is 13.0. The first-order chi connectivity index (χ1) is 8.66. The maximum Gasteiger partial charge on any atom is 0.123 e. The third kappa shape index (κ3) is 3.31. The average Bonchev–Trinajstić information content (AvgIpc) is 2.38. The van der Waals surface area contributed by atoms with Crippen LogP contribution < -0.4 is 5.32 Å². The van der Waals surface area contributed by atoms with Crippen LogP contribution in [-0.4, -0.2) is 0 Å². The van der Waals surface area contributed by atoms with E-state index in [1.807, 2.05) is 31.2 Å². The summed E-state index contributed by atoms with van der Waals surface area (Å²) < 4.78 is 12.8. The molecule has 0 spiro atoms. The minimum Gasteiger partial charge on any atom is -0.306 e. The van der Waals surface area contributed by atoms with Crippen molar-refractivity contribution >= 4 is 11.6 Å². The van der Waals surface area contributed by atoms with E-state index in [9.17, 15) is 4.39 Å². The predicted octanol–water partition coefficient (Wildman–Crippen LogP) is 4.33. The highest BCUT2D eigenvalue weighted by Crippen LogP contribution is 2.17. The van der Waals surface area contributed by atoms with E-state index >= 15 is 0 Å². The Hall–Kier alpha value is -1.38. The lowest BCUT2D eigenvalue weighted by Gasteiger charge is -2.14. The zero-order valence-corrected chi connectivity index (χ0v) is 10.9. The van der Waals surface area contributed by atoms with Gasteiger partial charge in [-0.25, -0.2) is 4.39 Å². The molecule has 2 rings (SSSR count). The van der Waals surface area contributed by atoms with Gasteiger partial charge >= 0.3 is 0 Å². The van der Waals surface area contributed by atoms with Gasteiger partial charge in [-0.15, -0.1) is 0 Å². The summed E-state index contributed by atoms with van der Waals surface area (Å²) in [5, 5.41) is 4.13. The fourth-order valence-corrected chi connectivity index (χ4v) is 1.98. The van der Waals surface area contributed by atoms with E-state index in [4.69, 9.17) is 11.6 Å². The van der Waals surface area contributed by atoms with Crippen LogP contribution in [0.25, 0.3) is 0 Å². The molecule has 1 atom stereocenters. The molecular formula is C15H15ClFN. The van der Waals surface area contributed by atoms with Gasteiger partial charge in [0, 0.05) is 17.6 Å². The van der Waals surface area contributed by atoms with Gasteiger partial charge in [0.25, 0.3) is 0 Å². The Morgan fingerprint density at radius 3 is 2.44 bits per heavy atom. The van der Waals surface area contributed by atoms with E-state index < -0.39 is 0 Å². The molecule has 0 radical (unpaired) electrons. The van der Waals surface area contributed by atoms with Crippen LogP contribution >= 0.6 is 11.6 Å². The second-order valence-electron chi connectivity index (χ2n) is 4.25. The molecule has 0 aliphatic rings. The van der Waals surface area contributed by atoms with Gasteiger partial charge in [-0.2, -0.15) is 0 Å². The number of rotatable bonds is 4. The molecule has 0 heterocycles. The van der Waals surface area contributed by atoms with Gasteiger partial charge in [-0.05, 0) is 36.2 Å². The quantitative estimate of drug-likeness (QED) is 0.866. The van der Waals surface area contributed by atoms with E-state index in [0.717, 1.165) is 16.1 Å². The number of hydrogen-bond acceptors (Lipinski definition) is 1. The molecule has 0 bridgehead atoms. The number of benzene rings is 2. The normalized spacial score (nSPS) is 12.4. The second-order valence-corrected chi connectivity index (χ2v) is 4.65. The van der Waals surface area contributed by atoms with Crippen LogP contribution in [0.4, 0.5) is 4.39 Å². The molecule has 1 unspecified atom stereocenters. The fourth-order valence-electron chi connectivity index (χ4n) is 1.77. The highest BCUT2D eigenvalue weighted by atomic mass is 35.5. The van der Waals surface area contributed by atoms with E-state index in [1.165, 1.54) is 12.1 Å². The lowest BCUT2D eigenvalue weighted by Crippen LogP contribution is -2.18. The summed E-state index contributed by atoms with van der Waals surface area (Å²) >= 11 is 6.08. The molecule has 0 saturated heterocycles. The molecule has 0 saturated carbocycles. The van der Waals surface area contributed by atoms with Crippen LogP contribution in [0.2, 0.25) is 5.02 Å². The summed E-state index contributed by atoms with van der Waals surface area (Å²) in [5.41, 5.74) is 2.12. The molecule has 0 aromatic heterocycles. The Bertz CT molecular complexity index is 510. The molecule has 18 heavy (non-hydrogen) atoms. The minimum absolute atomic E-state index is 0.155. The molecule has 2 aromatic carbocycles. The van der Waals surface area contributed by atoms with Crippen molar-refractivity contribution in [1.29, 1.82) is 0 Å². The van der Waals surface area contributed by atoms with Crippen molar-refractivity contribution in [2.45, 2.75) is 19.5 Å². The van der Waals surface area contributed by atoms with Crippen LogP contribution in [0.3, 0.4) is 0 Å². The summed E-state index contributed by atoms with van der Waals surface area (Å²) in [6, 6.07) is 14.4. The smallest absolute Gasteiger partial charge is 0.123 e.